The Morgan fingerprint density at radius 2 is 2.00 bits per heavy atom. The van der Waals surface area contributed by atoms with Crippen molar-refractivity contribution in [3.8, 4) is 12.3 Å². The Balaban J connectivity index is 3.09. The van der Waals surface area contributed by atoms with Gasteiger partial charge in [0.15, 0.2) is 0 Å². The monoisotopic (exact) mass is 222 g/mol. The molecule has 2 amide bonds. The maximum atomic E-state index is 12.2. The third-order valence-electron chi connectivity index (χ3n) is 2.82. The minimum Gasteiger partial charge on any atom is -0.342 e. The highest BCUT2D eigenvalue weighted by atomic mass is 16.2. The van der Waals surface area contributed by atoms with Crippen molar-refractivity contribution in [1.29, 1.82) is 0 Å². The Hall–Kier alpha value is -1.50. The second-order valence-corrected chi connectivity index (χ2v) is 5.08. The van der Waals surface area contributed by atoms with Crippen LogP contribution >= 0.6 is 0 Å². The molecule has 1 fully saturated rings. The Kier molecular flexibility index (Phi) is 3.00. The SMILES string of the molecule is C#CC(C)(C)N1CCC(=O)NC(C)(C)C1=O. The molecule has 0 aromatic carbocycles. The second kappa shape index (κ2) is 3.82. The van der Waals surface area contributed by atoms with Gasteiger partial charge in [0, 0.05) is 13.0 Å². The fourth-order valence-corrected chi connectivity index (χ4v) is 1.73. The third-order valence-corrected chi connectivity index (χ3v) is 2.82. The summed E-state index contributed by atoms with van der Waals surface area (Å²) in [6.07, 6.45) is 5.72. The lowest BCUT2D eigenvalue weighted by atomic mass is 9.98. The number of hydrogen-bond acceptors (Lipinski definition) is 2. The molecular weight excluding hydrogens is 204 g/mol. The van der Waals surface area contributed by atoms with Gasteiger partial charge in [0.05, 0.1) is 5.54 Å². The molecule has 0 bridgehead atoms. The summed E-state index contributed by atoms with van der Waals surface area (Å²) in [5.41, 5.74) is -1.55. The minimum atomic E-state index is -0.887. The molecule has 0 spiro atoms. The zero-order valence-electron chi connectivity index (χ0n) is 10.3. The smallest absolute Gasteiger partial charge is 0.248 e. The normalized spacial score (nSPS) is 21.1. The fourth-order valence-electron chi connectivity index (χ4n) is 1.73. The van der Waals surface area contributed by atoms with Gasteiger partial charge in [-0.25, -0.2) is 0 Å². The van der Waals surface area contributed by atoms with E-state index in [1.807, 2.05) is 0 Å². The van der Waals surface area contributed by atoms with Crippen LogP contribution < -0.4 is 5.32 Å². The van der Waals surface area contributed by atoms with E-state index >= 15 is 0 Å². The van der Waals surface area contributed by atoms with Gasteiger partial charge in [-0.1, -0.05) is 5.92 Å². The molecule has 1 aliphatic heterocycles. The maximum absolute atomic E-state index is 12.2. The summed E-state index contributed by atoms with van der Waals surface area (Å²) in [5, 5.41) is 2.70. The largest absolute Gasteiger partial charge is 0.342 e. The van der Waals surface area contributed by atoms with E-state index in [2.05, 4.69) is 11.2 Å². The molecule has 1 N–H and O–H groups in total. The van der Waals surface area contributed by atoms with Gasteiger partial charge < -0.3 is 10.2 Å². The van der Waals surface area contributed by atoms with Crippen LogP contribution in [-0.2, 0) is 9.59 Å². The van der Waals surface area contributed by atoms with E-state index in [-0.39, 0.29) is 11.8 Å². The van der Waals surface area contributed by atoms with Crippen LogP contribution in [-0.4, -0.2) is 34.3 Å². The van der Waals surface area contributed by atoms with Crippen LogP contribution in [0.15, 0.2) is 0 Å². The van der Waals surface area contributed by atoms with Crippen LogP contribution in [0.2, 0.25) is 0 Å². The van der Waals surface area contributed by atoms with Gasteiger partial charge in [-0.05, 0) is 27.7 Å². The molecule has 1 rings (SSSR count). The van der Waals surface area contributed by atoms with Gasteiger partial charge in [0.2, 0.25) is 11.8 Å². The van der Waals surface area contributed by atoms with Gasteiger partial charge in [0.25, 0.3) is 0 Å². The van der Waals surface area contributed by atoms with Crippen molar-refractivity contribution < 1.29 is 9.59 Å². The Morgan fingerprint density at radius 3 is 2.50 bits per heavy atom. The summed E-state index contributed by atoms with van der Waals surface area (Å²) in [6, 6.07) is 0. The molecule has 0 radical (unpaired) electrons. The van der Waals surface area contributed by atoms with E-state index in [1.165, 1.54) is 0 Å². The predicted octanol–water partition coefficient (Wildman–Crippen LogP) is 0.525. The molecule has 0 unspecified atom stereocenters. The molecule has 0 aromatic heterocycles. The molecule has 0 aliphatic carbocycles. The van der Waals surface area contributed by atoms with Crippen molar-refractivity contribution in [2.45, 2.75) is 45.2 Å². The lowest BCUT2D eigenvalue weighted by molar-refractivity contribution is -0.140. The molecule has 4 nitrogen and oxygen atoms in total. The second-order valence-electron chi connectivity index (χ2n) is 5.08. The topological polar surface area (TPSA) is 49.4 Å². The molecule has 1 saturated heterocycles. The lowest BCUT2D eigenvalue weighted by Crippen LogP contribution is -2.57. The number of carbonyl (C=O) groups excluding carboxylic acids is 2. The van der Waals surface area contributed by atoms with Crippen LogP contribution in [0.4, 0.5) is 0 Å². The standard InChI is InChI=1S/C12H18N2O2/c1-6-11(2,3)14-8-7-9(15)13-12(4,5)10(14)16/h1H,7-8H2,2-5H3,(H,13,15). The summed E-state index contributed by atoms with van der Waals surface area (Å²) in [6.45, 7) is 7.36. The van der Waals surface area contributed by atoms with Crippen molar-refractivity contribution in [3.63, 3.8) is 0 Å². The third kappa shape index (κ3) is 2.19. The van der Waals surface area contributed by atoms with E-state index in [1.54, 1.807) is 32.6 Å². The van der Waals surface area contributed by atoms with Crippen molar-refractivity contribution in [1.82, 2.24) is 10.2 Å². The first-order chi connectivity index (χ1) is 7.20. The number of nitrogens with one attached hydrogen (secondary N) is 1. The number of nitrogens with zero attached hydrogens (tertiary/aromatic N) is 1. The zero-order chi connectivity index (χ0) is 12.6. The Morgan fingerprint density at radius 1 is 1.44 bits per heavy atom. The summed E-state index contributed by atoms with van der Waals surface area (Å²) in [5.74, 6) is 2.33. The molecule has 1 heterocycles. The number of rotatable bonds is 1. The lowest BCUT2D eigenvalue weighted by Gasteiger charge is -2.37. The van der Waals surface area contributed by atoms with Gasteiger partial charge in [-0.2, -0.15) is 0 Å². The van der Waals surface area contributed by atoms with Crippen LogP contribution in [0, 0.1) is 12.3 Å². The van der Waals surface area contributed by atoms with Gasteiger partial charge in [0.1, 0.15) is 5.54 Å². The Bertz CT molecular complexity index is 364. The molecule has 1 aliphatic rings. The molecule has 0 atom stereocenters. The minimum absolute atomic E-state index is 0.117. The van der Waals surface area contributed by atoms with E-state index in [4.69, 9.17) is 6.42 Å². The van der Waals surface area contributed by atoms with Crippen molar-refractivity contribution in [2.75, 3.05) is 6.54 Å². The van der Waals surface area contributed by atoms with E-state index in [0.717, 1.165) is 0 Å². The van der Waals surface area contributed by atoms with Gasteiger partial charge >= 0.3 is 0 Å². The molecule has 4 heteroatoms. The average molecular weight is 222 g/mol. The summed E-state index contributed by atoms with van der Waals surface area (Å²) < 4.78 is 0. The van der Waals surface area contributed by atoms with Crippen LogP contribution in [0.1, 0.15) is 34.1 Å². The molecule has 0 aromatic rings. The summed E-state index contributed by atoms with van der Waals surface area (Å²) in [4.78, 5) is 25.3. The first kappa shape index (κ1) is 12.6. The highest BCUT2D eigenvalue weighted by Crippen LogP contribution is 2.21. The van der Waals surface area contributed by atoms with Crippen LogP contribution in [0.3, 0.4) is 0 Å². The van der Waals surface area contributed by atoms with Crippen LogP contribution in [0.5, 0.6) is 0 Å². The predicted molar refractivity (Wildman–Crippen MR) is 61.5 cm³/mol. The summed E-state index contributed by atoms with van der Waals surface area (Å²) in [7, 11) is 0. The highest BCUT2D eigenvalue weighted by Gasteiger charge is 2.41. The fraction of sp³-hybridized carbons (Fsp3) is 0.667. The number of hydrogen-bond donors (Lipinski definition) is 1. The number of carbonyl (C=O) groups is 2. The highest BCUT2D eigenvalue weighted by molar-refractivity contribution is 5.93. The quantitative estimate of drug-likeness (QED) is 0.658. The summed E-state index contributed by atoms with van der Waals surface area (Å²) >= 11 is 0. The van der Waals surface area contributed by atoms with Gasteiger partial charge in [-0.15, -0.1) is 6.42 Å². The molecule has 88 valence electrons. The van der Waals surface area contributed by atoms with E-state index in [0.29, 0.717) is 13.0 Å². The number of terminal acetylenes is 1. The first-order valence-corrected chi connectivity index (χ1v) is 5.31. The van der Waals surface area contributed by atoms with E-state index in [9.17, 15) is 9.59 Å². The zero-order valence-corrected chi connectivity index (χ0v) is 10.3. The van der Waals surface area contributed by atoms with Crippen LogP contribution in [0.25, 0.3) is 0 Å². The molecule has 16 heavy (non-hydrogen) atoms. The Labute approximate surface area is 96.4 Å². The number of amides is 2. The van der Waals surface area contributed by atoms with Crippen molar-refractivity contribution >= 4 is 11.8 Å². The molecule has 0 saturated carbocycles. The van der Waals surface area contributed by atoms with E-state index < -0.39 is 11.1 Å². The first-order valence-electron chi connectivity index (χ1n) is 5.31. The molecular formula is C12H18N2O2. The van der Waals surface area contributed by atoms with Gasteiger partial charge in [-0.3, -0.25) is 9.59 Å². The maximum Gasteiger partial charge on any atom is 0.248 e. The average Bonchev–Trinajstić information content (AvgIpc) is 2.25. The van der Waals surface area contributed by atoms with Crippen molar-refractivity contribution in [2.24, 2.45) is 0 Å². The van der Waals surface area contributed by atoms with Crippen molar-refractivity contribution in [3.05, 3.63) is 0 Å².